The quantitative estimate of drug-likeness (QED) is 0.531. The third kappa shape index (κ3) is 2.04. The smallest absolute Gasteiger partial charge is 0.105 e. The van der Waals surface area contributed by atoms with Crippen molar-refractivity contribution in [1.82, 2.24) is 0 Å². The fourth-order valence-corrected chi connectivity index (χ4v) is 1.50. The van der Waals surface area contributed by atoms with Gasteiger partial charge in [0.05, 0.1) is 6.07 Å². The first-order chi connectivity index (χ1) is 5.24. The van der Waals surface area contributed by atoms with Crippen LogP contribution in [0.1, 0.15) is 25.7 Å². The fraction of sp³-hybridized carbons (Fsp3) is 0.667. The zero-order valence-electron chi connectivity index (χ0n) is 6.52. The van der Waals surface area contributed by atoms with E-state index in [2.05, 4.69) is 6.58 Å². The molecule has 1 aliphatic rings. The minimum atomic E-state index is -0.778. The summed E-state index contributed by atoms with van der Waals surface area (Å²) in [5, 5.41) is 8.38. The summed E-state index contributed by atoms with van der Waals surface area (Å²) >= 11 is 0. The molecule has 1 aliphatic carbocycles. The van der Waals surface area contributed by atoms with Crippen molar-refractivity contribution >= 4 is 0 Å². The van der Waals surface area contributed by atoms with E-state index in [-0.39, 0.29) is 5.92 Å². The lowest BCUT2D eigenvalue weighted by molar-refractivity contribution is 0.194. The third-order valence-corrected chi connectivity index (χ3v) is 2.19. The molecule has 11 heavy (non-hydrogen) atoms. The van der Waals surface area contributed by atoms with Crippen molar-refractivity contribution in [3.63, 3.8) is 0 Å². The number of rotatable bonds is 1. The number of hydrogen-bond acceptors (Lipinski definition) is 1. The van der Waals surface area contributed by atoms with Crippen LogP contribution in [0.4, 0.5) is 4.39 Å². The second kappa shape index (κ2) is 3.52. The summed E-state index contributed by atoms with van der Waals surface area (Å²) in [6, 6.07) is 2.01. The SMILES string of the molecule is C=C1CCC(F)C(CC#N)C1. The molecule has 0 spiro atoms. The molecule has 0 aromatic heterocycles. The molecule has 1 nitrogen and oxygen atoms in total. The highest BCUT2D eigenvalue weighted by Crippen LogP contribution is 2.31. The van der Waals surface area contributed by atoms with Crippen LogP contribution >= 0.6 is 0 Å². The van der Waals surface area contributed by atoms with Crippen LogP contribution in [0.15, 0.2) is 12.2 Å². The van der Waals surface area contributed by atoms with Crippen molar-refractivity contribution < 1.29 is 4.39 Å². The Balaban J connectivity index is 2.48. The molecule has 1 saturated carbocycles. The van der Waals surface area contributed by atoms with E-state index in [1.807, 2.05) is 6.07 Å². The van der Waals surface area contributed by atoms with Crippen molar-refractivity contribution in [3.8, 4) is 6.07 Å². The first-order valence-electron chi connectivity index (χ1n) is 3.91. The van der Waals surface area contributed by atoms with E-state index in [1.165, 1.54) is 0 Å². The minimum absolute atomic E-state index is 0.0822. The van der Waals surface area contributed by atoms with Gasteiger partial charge in [0.2, 0.25) is 0 Å². The summed E-state index contributed by atoms with van der Waals surface area (Å²) in [5.74, 6) is -0.0822. The van der Waals surface area contributed by atoms with Crippen LogP contribution in [0.5, 0.6) is 0 Å². The van der Waals surface area contributed by atoms with Gasteiger partial charge in [-0.05, 0) is 19.3 Å². The molecule has 0 amide bonds. The lowest BCUT2D eigenvalue weighted by Crippen LogP contribution is -2.21. The summed E-state index contributed by atoms with van der Waals surface area (Å²) in [6.45, 7) is 3.81. The average Bonchev–Trinajstić information content (AvgIpc) is 1.98. The Labute approximate surface area is 66.5 Å². The molecule has 2 heteroatoms. The molecule has 0 saturated heterocycles. The van der Waals surface area contributed by atoms with Crippen LogP contribution in [0.2, 0.25) is 0 Å². The summed E-state index contributed by atoms with van der Waals surface area (Å²) in [4.78, 5) is 0. The van der Waals surface area contributed by atoms with Crippen LogP contribution in [-0.4, -0.2) is 6.17 Å². The summed E-state index contributed by atoms with van der Waals surface area (Å²) in [6.07, 6.45) is 1.61. The Hall–Kier alpha value is -0.840. The lowest BCUT2D eigenvalue weighted by atomic mass is 9.83. The van der Waals surface area contributed by atoms with Crippen LogP contribution in [0.25, 0.3) is 0 Å². The monoisotopic (exact) mass is 153 g/mol. The summed E-state index contributed by atoms with van der Waals surface area (Å²) < 4.78 is 13.0. The van der Waals surface area contributed by atoms with Crippen LogP contribution < -0.4 is 0 Å². The van der Waals surface area contributed by atoms with Crippen molar-refractivity contribution in [2.75, 3.05) is 0 Å². The highest BCUT2D eigenvalue weighted by atomic mass is 19.1. The van der Waals surface area contributed by atoms with E-state index < -0.39 is 6.17 Å². The van der Waals surface area contributed by atoms with Crippen molar-refractivity contribution in [2.45, 2.75) is 31.9 Å². The standard InChI is InChI=1S/C9H12FN/c1-7-2-3-9(10)8(6-7)4-5-11/h8-9H,1-4,6H2. The fourth-order valence-electron chi connectivity index (χ4n) is 1.50. The molecule has 0 aromatic rings. The predicted molar refractivity (Wildman–Crippen MR) is 41.6 cm³/mol. The second-order valence-electron chi connectivity index (χ2n) is 3.13. The van der Waals surface area contributed by atoms with Gasteiger partial charge in [0.25, 0.3) is 0 Å². The summed E-state index contributed by atoms with van der Waals surface area (Å²) in [7, 11) is 0. The Kier molecular flexibility index (Phi) is 2.64. The zero-order chi connectivity index (χ0) is 8.27. The van der Waals surface area contributed by atoms with Gasteiger partial charge in [0.1, 0.15) is 6.17 Å². The van der Waals surface area contributed by atoms with Crippen molar-refractivity contribution in [2.24, 2.45) is 5.92 Å². The molecule has 0 bridgehead atoms. The number of nitrogens with zero attached hydrogens (tertiary/aromatic N) is 1. The molecular weight excluding hydrogens is 141 g/mol. The third-order valence-electron chi connectivity index (χ3n) is 2.19. The number of nitriles is 1. The van der Waals surface area contributed by atoms with Gasteiger partial charge in [0.15, 0.2) is 0 Å². The topological polar surface area (TPSA) is 23.8 Å². The highest BCUT2D eigenvalue weighted by molar-refractivity contribution is 5.03. The average molecular weight is 153 g/mol. The molecule has 0 radical (unpaired) electrons. The molecule has 0 N–H and O–H groups in total. The number of alkyl halides is 1. The molecule has 0 aromatic carbocycles. The van der Waals surface area contributed by atoms with Crippen molar-refractivity contribution in [1.29, 1.82) is 5.26 Å². The van der Waals surface area contributed by atoms with Gasteiger partial charge in [-0.1, -0.05) is 12.2 Å². The van der Waals surface area contributed by atoms with Gasteiger partial charge in [-0.25, -0.2) is 4.39 Å². The minimum Gasteiger partial charge on any atom is -0.247 e. The van der Waals surface area contributed by atoms with Gasteiger partial charge in [0, 0.05) is 12.3 Å². The molecule has 2 unspecified atom stereocenters. The second-order valence-corrected chi connectivity index (χ2v) is 3.13. The van der Waals surface area contributed by atoms with E-state index in [0.717, 1.165) is 12.0 Å². The Morgan fingerprint density at radius 2 is 2.45 bits per heavy atom. The Morgan fingerprint density at radius 1 is 1.73 bits per heavy atom. The molecule has 1 fully saturated rings. The Bertz CT molecular complexity index is 192. The van der Waals surface area contributed by atoms with E-state index >= 15 is 0 Å². The van der Waals surface area contributed by atoms with Gasteiger partial charge in [-0.3, -0.25) is 0 Å². The maximum atomic E-state index is 13.0. The molecule has 60 valence electrons. The number of hydrogen-bond donors (Lipinski definition) is 0. The zero-order valence-corrected chi connectivity index (χ0v) is 6.52. The van der Waals surface area contributed by atoms with Crippen LogP contribution in [0, 0.1) is 17.2 Å². The molecule has 0 aliphatic heterocycles. The van der Waals surface area contributed by atoms with E-state index in [9.17, 15) is 4.39 Å². The summed E-state index contributed by atoms with van der Waals surface area (Å²) in [5.41, 5.74) is 1.10. The molecule has 2 atom stereocenters. The highest BCUT2D eigenvalue weighted by Gasteiger charge is 2.25. The van der Waals surface area contributed by atoms with Gasteiger partial charge in [-0.15, -0.1) is 0 Å². The normalized spacial score (nSPS) is 31.5. The molecule has 0 heterocycles. The van der Waals surface area contributed by atoms with E-state index in [4.69, 9.17) is 5.26 Å². The van der Waals surface area contributed by atoms with Gasteiger partial charge < -0.3 is 0 Å². The van der Waals surface area contributed by atoms with E-state index in [1.54, 1.807) is 0 Å². The lowest BCUT2D eigenvalue weighted by Gasteiger charge is -2.25. The number of allylic oxidation sites excluding steroid dienone is 1. The molecular formula is C9H12FN. The van der Waals surface area contributed by atoms with E-state index in [0.29, 0.717) is 19.3 Å². The van der Waals surface area contributed by atoms with Crippen LogP contribution in [-0.2, 0) is 0 Å². The van der Waals surface area contributed by atoms with Crippen LogP contribution in [0.3, 0.4) is 0 Å². The predicted octanol–water partition coefficient (Wildman–Crippen LogP) is 2.59. The molecule has 1 rings (SSSR count). The maximum absolute atomic E-state index is 13.0. The van der Waals surface area contributed by atoms with Crippen molar-refractivity contribution in [3.05, 3.63) is 12.2 Å². The first kappa shape index (κ1) is 8.26. The largest absolute Gasteiger partial charge is 0.247 e. The maximum Gasteiger partial charge on any atom is 0.105 e. The van der Waals surface area contributed by atoms with Gasteiger partial charge >= 0.3 is 0 Å². The number of halogens is 1. The first-order valence-corrected chi connectivity index (χ1v) is 3.91. The Morgan fingerprint density at radius 3 is 3.09 bits per heavy atom. The van der Waals surface area contributed by atoms with Gasteiger partial charge in [-0.2, -0.15) is 5.26 Å².